The van der Waals surface area contributed by atoms with Crippen LogP contribution in [0.3, 0.4) is 0 Å². The van der Waals surface area contributed by atoms with Crippen LogP contribution >= 0.6 is 23.2 Å². The highest BCUT2D eigenvalue weighted by atomic mass is 35.5. The standard InChI is InChI=1S/C9H9Cl2NO3/c10-6-3-5(4-7(12)8(6)11)9(14)15-2-1-13/h3-4,13H,1-2,12H2. The van der Waals surface area contributed by atoms with E-state index >= 15 is 0 Å². The van der Waals surface area contributed by atoms with Gasteiger partial charge in [0.1, 0.15) is 6.61 Å². The van der Waals surface area contributed by atoms with E-state index in [9.17, 15) is 4.79 Å². The Morgan fingerprint density at radius 2 is 2.13 bits per heavy atom. The molecule has 15 heavy (non-hydrogen) atoms. The first-order valence-corrected chi connectivity index (χ1v) is 4.84. The number of hydrogen-bond acceptors (Lipinski definition) is 4. The predicted molar refractivity (Wildman–Crippen MR) is 58.2 cm³/mol. The SMILES string of the molecule is Nc1cc(C(=O)OCCO)cc(Cl)c1Cl. The topological polar surface area (TPSA) is 72.6 Å². The largest absolute Gasteiger partial charge is 0.460 e. The van der Waals surface area contributed by atoms with E-state index < -0.39 is 5.97 Å². The van der Waals surface area contributed by atoms with Gasteiger partial charge in [0.05, 0.1) is 27.9 Å². The number of aliphatic hydroxyl groups excluding tert-OH is 1. The second kappa shape index (κ2) is 5.21. The monoisotopic (exact) mass is 249 g/mol. The van der Waals surface area contributed by atoms with Gasteiger partial charge in [0.2, 0.25) is 0 Å². The lowest BCUT2D eigenvalue weighted by atomic mass is 10.2. The van der Waals surface area contributed by atoms with Crippen molar-refractivity contribution in [1.29, 1.82) is 0 Å². The van der Waals surface area contributed by atoms with Crippen LogP contribution in [0, 0.1) is 0 Å². The lowest BCUT2D eigenvalue weighted by Crippen LogP contribution is -2.09. The molecule has 0 bridgehead atoms. The normalized spacial score (nSPS) is 10.1. The Bertz CT molecular complexity index is 359. The first kappa shape index (κ1) is 12.1. The number of ether oxygens (including phenoxy) is 1. The van der Waals surface area contributed by atoms with Crippen molar-refractivity contribution < 1.29 is 14.6 Å². The van der Waals surface area contributed by atoms with Gasteiger partial charge in [-0.25, -0.2) is 4.79 Å². The zero-order valence-electron chi connectivity index (χ0n) is 7.67. The van der Waals surface area contributed by atoms with Crippen LogP contribution in [0.2, 0.25) is 10.0 Å². The van der Waals surface area contributed by atoms with Crippen molar-refractivity contribution >= 4 is 34.9 Å². The Kier molecular flexibility index (Phi) is 4.20. The molecule has 82 valence electrons. The molecular weight excluding hydrogens is 241 g/mol. The van der Waals surface area contributed by atoms with Gasteiger partial charge in [-0.1, -0.05) is 23.2 Å². The first-order valence-electron chi connectivity index (χ1n) is 4.08. The lowest BCUT2D eigenvalue weighted by molar-refractivity contribution is 0.0434. The molecule has 1 aromatic carbocycles. The molecule has 0 spiro atoms. The maximum Gasteiger partial charge on any atom is 0.338 e. The molecule has 0 atom stereocenters. The fourth-order valence-electron chi connectivity index (χ4n) is 0.950. The van der Waals surface area contributed by atoms with E-state index in [0.29, 0.717) is 0 Å². The van der Waals surface area contributed by atoms with Crippen LogP contribution < -0.4 is 5.73 Å². The summed E-state index contributed by atoms with van der Waals surface area (Å²) in [5.41, 5.74) is 5.93. The molecule has 0 saturated carbocycles. The summed E-state index contributed by atoms with van der Waals surface area (Å²) in [6, 6.07) is 2.73. The van der Waals surface area contributed by atoms with Gasteiger partial charge in [0, 0.05) is 0 Å². The zero-order valence-corrected chi connectivity index (χ0v) is 9.18. The van der Waals surface area contributed by atoms with Crippen LogP contribution in [0.4, 0.5) is 5.69 Å². The fraction of sp³-hybridized carbons (Fsp3) is 0.222. The second-order valence-corrected chi connectivity index (χ2v) is 3.51. The quantitative estimate of drug-likeness (QED) is 0.632. The van der Waals surface area contributed by atoms with E-state index in [0.717, 1.165) is 0 Å². The summed E-state index contributed by atoms with van der Waals surface area (Å²) in [5.74, 6) is -0.602. The van der Waals surface area contributed by atoms with E-state index in [1.54, 1.807) is 0 Å². The van der Waals surface area contributed by atoms with Crippen LogP contribution in [-0.2, 0) is 4.74 Å². The summed E-state index contributed by atoms with van der Waals surface area (Å²) in [6.07, 6.45) is 0. The van der Waals surface area contributed by atoms with Gasteiger partial charge < -0.3 is 15.6 Å². The molecular formula is C9H9Cl2NO3. The second-order valence-electron chi connectivity index (χ2n) is 2.72. The smallest absolute Gasteiger partial charge is 0.338 e. The number of rotatable bonds is 3. The lowest BCUT2D eigenvalue weighted by Gasteiger charge is -2.06. The third-order valence-electron chi connectivity index (χ3n) is 1.62. The van der Waals surface area contributed by atoms with Gasteiger partial charge in [-0.05, 0) is 12.1 Å². The van der Waals surface area contributed by atoms with E-state index in [4.69, 9.17) is 34.0 Å². The number of carbonyl (C=O) groups is 1. The molecule has 0 aliphatic carbocycles. The van der Waals surface area contributed by atoms with Crippen LogP contribution in [0.15, 0.2) is 12.1 Å². The van der Waals surface area contributed by atoms with Crippen molar-refractivity contribution in [3.63, 3.8) is 0 Å². The summed E-state index contributed by atoms with van der Waals surface area (Å²) >= 11 is 11.4. The maximum absolute atomic E-state index is 11.3. The van der Waals surface area contributed by atoms with Gasteiger partial charge in [-0.15, -0.1) is 0 Å². The first-order chi connectivity index (χ1) is 7.06. The van der Waals surface area contributed by atoms with Crippen LogP contribution in [0.5, 0.6) is 0 Å². The Balaban J connectivity index is 2.91. The van der Waals surface area contributed by atoms with Gasteiger partial charge in [0.25, 0.3) is 0 Å². The molecule has 6 heteroatoms. The number of aliphatic hydroxyl groups is 1. The van der Waals surface area contributed by atoms with E-state index in [2.05, 4.69) is 4.74 Å². The Morgan fingerprint density at radius 3 is 2.67 bits per heavy atom. The summed E-state index contributed by atoms with van der Waals surface area (Å²) in [5, 5.41) is 8.86. The molecule has 0 heterocycles. The number of nitrogen functional groups attached to an aromatic ring is 1. The number of hydrogen-bond donors (Lipinski definition) is 2. The van der Waals surface area contributed by atoms with Gasteiger partial charge in [0.15, 0.2) is 0 Å². The molecule has 1 rings (SSSR count). The Morgan fingerprint density at radius 1 is 1.47 bits per heavy atom. The highest BCUT2D eigenvalue weighted by molar-refractivity contribution is 6.43. The number of nitrogens with two attached hydrogens (primary N) is 1. The maximum atomic E-state index is 11.3. The molecule has 4 nitrogen and oxygen atoms in total. The van der Waals surface area contributed by atoms with E-state index in [1.165, 1.54) is 12.1 Å². The molecule has 3 N–H and O–H groups in total. The number of benzene rings is 1. The predicted octanol–water partition coefficient (Wildman–Crippen LogP) is 1.72. The minimum atomic E-state index is -0.602. The highest BCUT2D eigenvalue weighted by Gasteiger charge is 2.11. The third-order valence-corrected chi connectivity index (χ3v) is 2.43. The van der Waals surface area contributed by atoms with Crippen molar-refractivity contribution in [2.75, 3.05) is 18.9 Å². The van der Waals surface area contributed by atoms with Crippen LogP contribution in [0.25, 0.3) is 0 Å². The molecule has 0 unspecified atom stereocenters. The van der Waals surface area contributed by atoms with E-state index in [1.807, 2.05) is 0 Å². The van der Waals surface area contributed by atoms with Crippen molar-refractivity contribution in [3.8, 4) is 0 Å². The molecule has 0 fully saturated rings. The Labute approximate surface area is 96.5 Å². The fourth-order valence-corrected chi connectivity index (χ4v) is 1.29. The van der Waals surface area contributed by atoms with Gasteiger partial charge in [-0.3, -0.25) is 0 Å². The van der Waals surface area contributed by atoms with Crippen molar-refractivity contribution in [2.24, 2.45) is 0 Å². The summed E-state index contributed by atoms with van der Waals surface area (Å²) < 4.78 is 4.68. The van der Waals surface area contributed by atoms with Crippen LogP contribution in [0.1, 0.15) is 10.4 Å². The average Bonchev–Trinajstić information content (AvgIpc) is 2.21. The molecule has 0 radical (unpaired) electrons. The van der Waals surface area contributed by atoms with Crippen LogP contribution in [-0.4, -0.2) is 24.3 Å². The molecule has 1 aromatic rings. The number of esters is 1. The molecule has 0 amide bonds. The highest BCUT2D eigenvalue weighted by Crippen LogP contribution is 2.29. The van der Waals surface area contributed by atoms with E-state index in [-0.39, 0.29) is 34.5 Å². The van der Waals surface area contributed by atoms with Crippen molar-refractivity contribution in [2.45, 2.75) is 0 Å². The summed E-state index contributed by atoms with van der Waals surface area (Å²) in [6.45, 7) is -0.304. The van der Waals surface area contributed by atoms with Crippen molar-refractivity contribution in [3.05, 3.63) is 27.7 Å². The number of carbonyl (C=O) groups excluding carboxylic acids is 1. The van der Waals surface area contributed by atoms with Gasteiger partial charge in [-0.2, -0.15) is 0 Å². The number of anilines is 1. The number of halogens is 2. The minimum Gasteiger partial charge on any atom is -0.460 e. The Hall–Kier alpha value is -0.970. The summed E-state index contributed by atoms with van der Waals surface area (Å²) in [4.78, 5) is 11.3. The molecule has 0 aliphatic rings. The van der Waals surface area contributed by atoms with Crippen molar-refractivity contribution in [1.82, 2.24) is 0 Å². The van der Waals surface area contributed by atoms with Gasteiger partial charge >= 0.3 is 5.97 Å². The summed E-state index contributed by atoms with van der Waals surface area (Å²) in [7, 11) is 0. The molecule has 0 aromatic heterocycles. The molecule has 0 aliphatic heterocycles. The third kappa shape index (κ3) is 2.99. The average molecular weight is 250 g/mol. The minimum absolute atomic E-state index is 0.0705. The molecule has 0 saturated heterocycles. The zero-order chi connectivity index (χ0) is 11.4.